The molecule has 2 aromatic carbocycles. The van der Waals surface area contributed by atoms with Crippen LogP contribution in [-0.4, -0.2) is 24.7 Å². The van der Waals surface area contributed by atoms with Gasteiger partial charge in [-0.25, -0.2) is 0 Å². The number of carbonyl (C=O) groups excluding carboxylic acids is 2. The number of carbonyl (C=O) groups is 2. The summed E-state index contributed by atoms with van der Waals surface area (Å²) in [6.07, 6.45) is 0. The summed E-state index contributed by atoms with van der Waals surface area (Å²) in [5.74, 6) is 1.04. The Kier molecular flexibility index (Phi) is 5.36. The van der Waals surface area contributed by atoms with Crippen LogP contribution in [0.15, 0.2) is 66.0 Å². The summed E-state index contributed by atoms with van der Waals surface area (Å²) in [6.45, 7) is 0. The lowest BCUT2D eigenvalue weighted by Gasteiger charge is -2.25. The number of nitrogens with zero attached hydrogens (tertiary/aromatic N) is 1. The van der Waals surface area contributed by atoms with Gasteiger partial charge in [0.05, 0.1) is 17.7 Å². The minimum atomic E-state index is -0.154. The number of hydrogen-bond acceptors (Lipinski definition) is 5. The quantitative estimate of drug-likeness (QED) is 0.657. The Morgan fingerprint density at radius 2 is 2.00 bits per heavy atom. The molecule has 28 heavy (non-hydrogen) atoms. The third-order valence-electron chi connectivity index (χ3n) is 4.37. The summed E-state index contributed by atoms with van der Waals surface area (Å²) >= 11 is 2.97. The van der Waals surface area contributed by atoms with Crippen molar-refractivity contribution in [2.75, 3.05) is 23.1 Å². The molecule has 2 heterocycles. The van der Waals surface area contributed by atoms with Crippen LogP contribution in [0.5, 0.6) is 5.75 Å². The highest BCUT2D eigenvalue weighted by atomic mass is 32.2. The van der Waals surface area contributed by atoms with E-state index in [1.54, 1.807) is 29.8 Å². The molecule has 1 aliphatic heterocycles. The number of rotatable bonds is 5. The van der Waals surface area contributed by atoms with E-state index in [0.717, 1.165) is 11.3 Å². The van der Waals surface area contributed by atoms with Crippen LogP contribution in [0, 0.1) is 0 Å². The van der Waals surface area contributed by atoms with E-state index in [-0.39, 0.29) is 17.2 Å². The molecule has 7 heteroatoms. The number of thioether (sulfide) groups is 1. The molecule has 4 rings (SSSR count). The van der Waals surface area contributed by atoms with E-state index in [2.05, 4.69) is 5.32 Å². The van der Waals surface area contributed by atoms with Crippen molar-refractivity contribution in [3.63, 3.8) is 0 Å². The van der Waals surface area contributed by atoms with Crippen molar-refractivity contribution < 1.29 is 14.3 Å². The first-order valence-corrected chi connectivity index (χ1v) is 10.6. The molecule has 0 saturated carbocycles. The second-order valence-electron chi connectivity index (χ2n) is 6.19. The van der Waals surface area contributed by atoms with Crippen LogP contribution in [0.2, 0.25) is 0 Å². The summed E-state index contributed by atoms with van der Waals surface area (Å²) in [5.41, 5.74) is 2.47. The summed E-state index contributed by atoms with van der Waals surface area (Å²) in [6, 6.07) is 18.8. The Labute approximate surface area is 171 Å². The molecule has 1 saturated heterocycles. The Morgan fingerprint density at radius 1 is 1.14 bits per heavy atom. The maximum absolute atomic E-state index is 12.6. The largest absolute Gasteiger partial charge is 0.497 e. The van der Waals surface area contributed by atoms with Crippen molar-refractivity contribution in [1.82, 2.24) is 0 Å². The second-order valence-corrected chi connectivity index (χ2v) is 8.20. The molecule has 0 radical (unpaired) electrons. The molecule has 5 nitrogen and oxygen atoms in total. The Morgan fingerprint density at radius 3 is 2.79 bits per heavy atom. The zero-order valence-electron chi connectivity index (χ0n) is 15.1. The van der Waals surface area contributed by atoms with E-state index in [4.69, 9.17) is 4.74 Å². The Hall–Kier alpha value is -2.77. The minimum absolute atomic E-state index is 0.0521. The van der Waals surface area contributed by atoms with Gasteiger partial charge in [-0.3, -0.25) is 14.5 Å². The van der Waals surface area contributed by atoms with Crippen LogP contribution in [0.3, 0.4) is 0 Å². The summed E-state index contributed by atoms with van der Waals surface area (Å²) < 4.78 is 5.30. The van der Waals surface area contributed by atoms with Crippen molar-refractivity contribution in [3.8, 4) is 5.75 Å². The van der Waals surface area contributed by atoms with Crippen LogP contribution in [0.1, 0.15) is 20.6 Å². The zero-order valence-corrected chi connectivity index (χ0v) is 16.8. The van der Waals surface area contributed by atoms with Crippen molar-refractivity contribution in [2.45, 2.75) is 5.37 Å². The lowest BCUT2D eigenvalue weighted by Crippen LogP contribution is -2.27. The smallest absolute Gasteiger partial charge is 0.265 e. The normalized spacial score (nSPS) is 16.2. The molecule has 0 spiro atoms. The SMILES string of the molecule is COc1cccc(N2C(=O)CS[C@@H]2c2cccc(NC(=O)c3cccs3)c2)c1. The van der Waals surface area contributed by atoms with Crippen molar-refractivity contribution in [2.24, 2.45) is 0 Å². The standard InChI is InChI=1S/C21H18N2O3S2/c1-26-17-8-3-7-16(12-17)23-19(24)13-28-21(23)14-5-2-6-15(11-14)22-20(25)18-9-4-10-27-18/h2-12,21H,13H2,1H3,(H,22,25)/t21-/m1/s1. The first kappa shape index (κ1) is 18.6. The van der Waals surface area contributed by atoms with Crippen LogP contribution in [0.25, 0.3) is 0 Å². The molecule has 0 aliphatic carbocycles. The highest BCUT2D eigenvalue weighted by Crippen LogP contribution is 2.42. The van der Waals surface area contributed by atoms with Gasteiger partial charge >= 0.3 is 0 Å². The molecule has 1 aromatic heterocycles. The average Bonchev–Trinajstić information content (AvgIpc) is 3.38. The fourth-order valence-corrected chi connectivity index (χ4v) is 4.87. The van der Waals surface area contributed by atoms with Gasteiger partial charge in [0.1, 0.15) is 11.1 Å². The van der Waals surface area contributed by atoms with E-state index < -0.39 is 0 Å². The topological polar surface area (TPSA) is 58.6 Å². The zero-order chi connectivity index (χ0) is 19.5. The monoisotopic (exact) mass is 410 g/mol. The number of methoxy groups -OCH3 is 1. The van der Waals surface area contributed by atoms with Gasteiger partial charge in [-0.2, -0.15) is 0 Å². The van der Waals surface area contributed by atoms with E-state index in [9.17, 15) is 9.59 Å². The fraction of sp³-hybridized carbons (Fsp3) is 0.143. The van der Waals surface area contributed by atoms with E-state index in [0.29, 0.717) is 22.1 Å². The number of hydrogen-bond donors (Lipinski definition) is 1. The minimum Gasteiger partial charge on any atom is -0.497 e. The number of benzene rings is 2. The van der Waals surface area contributed by atoms with Gasteiger partial charge in [-0.15, -0.1) is 23.1 Å². The number of thiophene rings is 1. The number of anilines is 2. The van der Waals surface area contributed by atoms with E-state index >= 15 is 0 Å². The average molecular weight is 411 g/mol. The molecule has 2 amide bonds. The van der Waals surface area contributed by atoms with Gasteiger partial charge < -0.3 is 10.1 Å². The molecule has 3 aromatic rings. The van der Waals surface area contributed by atoms with Gasteiger partial charge in [-0.1, -0.05) is 24.3 Å². The number of nitrogens with one attached hydrogen (secondary N) is 1. The first-order chi connectivity index (χ1) is 13.7. The highest BCUT2D eigenvalue weighted by molar-refractivity contribution is 8.00. The third kappa shape index (κ3) is 3.76. The first-order valence-electron chi connectivity index (χ1n) is 8.68. The molecule has 0 unspecified atom stereocenters. The van der Waals surface area contributed by atoms with Gasteiger partial charge in [0.2, 0.25) is 5.91 Å². The molecular weight excluding hydrogens is 392 g/mol. The van der Waals surface area contributed by atoms with Gasteiger partial charge in [0, 0.05) is 17.4 Å². The molecule has 1 N–H and O–H groups in total. The van der Waals surface area contributed by atoms with Crippen LogP contribution in [0.4, 0.5) is 11.4 Å². The third-order valence-corrected chi connectivity index (χ3v) is 6.45. The second kappa shape index (κ2) is 8.08. The Balaban J connectivity index is 1.60. The van der Waals surface area contributed by atoms with Crippen molar-refractivity contribution in [3.05, 3.63) is 76.5 Å². The highest BCUT2D eigenvalue weighted by Gasteiger charge is 2.34. The maximum Gasteiger partial charge on any atom is 0.265 e. The lowest BCUT2D eigenvalue weighted by molar-refractivity contribution is -0.115. The fourth-order valence-electron chi connectivity index (χ4n) is 3.08. The van der Waals surface area contributed by atoms with Gasteiger partial charge in [0.15, 0.2) is 0 Å². The van der Waals surface area contributed by atoms with Crippen LogP contribution >= 0.6 is 23.1 Å². The predicted octanol–water partition coefficient (Wildman–Crippen LogP) is 4.79. The number of amides is 2. The molecule has 1 aliphatic rings. The van der Waals surface area contributed by atoms with Gasteiger partial charge in [0.25, 0.3) is 5.91 Å². The summed E-state index contributed by atoms with van der Waals surface area (Å²) in [5, 5.41) is 4.65. The molecule has 1 fully saturated rings. The molecule has 0 bridgehead atoms. The molecular formula is C21H18N2O3S2. The van der Waals surface area contributed by atoms with Crippen LogP contribution in [-0.2, 0) is 4.79 Å². The van der Waals surface area contributed by atoms with Crippen molar-refractivity contribution >= 4 is 46.3 Å². The van der Waals surface area contributed by atoms with Crippen LogP contribution < -0.4 is 15.0 Å². The molecule has 142 valence electrons. The van der Waals surface area contributed by atoms with Gasteiger partial charge in [-0.05, 0) is 41.3 Å². The van der Waals surface area contributed by atoms with Crippen molar-refractivity contribution in [1.29, 1.82) is 0 Å². The maximum atomic E-state index is 12.6. The summed E-state index contributed by atoms with van der Waals surface area (Å²) in [4.78, 5) is 27.4. The number of ether oxygens (including phenoxy) is 1. The van der Waals surface area contributed by atoms with E-state index in [1.807, 2.05) is 60.0 Å². The van der Waals surface area contributed by atoms with E-state index in [1.165, 1.54) is 11.3 Å². The molecule has 1 atom stereocenters. The Bertz CT molecular complexity index is 1000. The predicted molar refractivity (Wildman–Crippen MR) is 114 cm³/mol. The lowest BCUT2D eigenvalue weighted by atomic mass is 10.1. The summed E-state index contributed by atoms with van der Waals surface area (Å²) in [7, 11) is 1.61.